The summed E-state index contributed by atoms with van der Waals surface area (Å²) in [5, 5.41) is 12.4. The average Bonchev–Trinajstić information content (AvgIpc) is 2.33. The topological polar surface area (TPSA) is 69.6 Å². The molecule has 116 valence electrons. The van der Waals surface area contributed by atoms with Gasteiger partial charge in [-0.1, -0.05) is 34.8 Å². The van der Waals surface area contributed by atoms with Crippen LogP contribution in [0.2, 0.25) is 15.1 Å². The number of carbonyl (C=O) groups is 2. The molecule has 0 aliphatic rings. The molecular formula is C13H15Cl3N2O3. The van der Waals surface area contributed by atoms with Crippen molar-refractivity contribution in [1.82, 2.24) is 4.90 Å². The first kappa shape index (κ1) is 18.0. The Kier molecular flexibility index (Phi) is 5.87. The molecule has 0 aliphatic carbocycles. The maximum Gasteiger partial charge on any atom is 0.323 e. The lowest BCUT2D eigenvalue weighted by molar-refractivity contribution is -0.148. The first-order chi connectivity index (χ1) is 9.55. The minimum atomic E-state index is -1.18. The van der Waals surface area contributed by atoms with E-state index in [0.717, 1.165) is 0 Å². The third kappa shape index (κ3) is 4.48. The molecule has 1 amide bonds. The van der Waals surface area contributed by atoms with Gasteiger partial charge in [0.15, 0.2) is 0 Å². The van der Waals surface area contributed by atoms with Crippen LogP contribution in [0.3, 0.4) is 0 Å². The van der Waals surface area contributed by atoms with E-state index >= 15 is 0 Å². The lowest BCUT2D eigenvalue weighted by Gasteiger charge is -2.30. The van der Waals surface area contributed by atoms with E-state index in [-0.39, 0.29) is 22.3 Å². The van der Waals surface area contributed by atoms with Crippen molar-refractivity contribution in [2.45, 2.75) is 19.4 Å². The molecular weight excluding hydrogens is 339 g/mol. The molecule has 2 N–H and O–H groups in total. The predicted octanol–water partition coefficient (Wildman–Crippen LogP) is 3.38. The molecule has 1 rings (SSSR count). The van der Waals surface area contributed by atoms with E-state index in [9.17, 15) is 9.59 Å². The molecule has 0 atom stereocenters. The maximum absolute atomic E-state index is 12.0. The van der Waals surface area contributed by atoms with Gasteiger partial charge < -0.3 is 10.4 Å². The fourth-order valence-corrected chi connectivity index (χ4v) is 2.33. The standard InChI is InChI=1S/C13H15Cl3N2O3/c1-13(2,12(20)21)18(3)6-10(19)17-11-8(15)4-7(14)5-9(11)16/h4-5H,6H2,1-3H3,(H,17,19)(H,20,21). The van der Waals surface area contributed by atoms with Gasteiger partial charge in [0.1, 0.15) is 5.54 Å². The van der Waals surface area contributed by atoms with Crippen molar-refractivity contribution in [3.05, 3.63) is 27.2 Å². The lowest BCUT2D eigenvalue weighted by atomic mass is 10.0. The number of aliphatic carboxylic acids is 1. The monoisotopic (exact) mass is 352 g/mol. The van der Waals surface area contributed by atoms with Gasteiger partial charge in [0.2, 0.25) is 5.91 Å². The molecule has 0 saturated carbocycles. The number of benzene rings is 1. The van der Waals surface area contributed by atoms with Gasteiger partial charge in [0, 0.05) is 5.02 Å². The zero-order valence-electron chi connectivity index (χ0n) is 11.7. The highest BCUT2D eigenvalue weighted by Gasteiger charge is 2.33. The fraction of sp³-hybridized carbons (Fsp3) is 0.385. The van der Waals surface area contributed by atoms with E-state index in [1.54, 1.807) is 7.05 Å². The van der Waals surface area contributed by atoms with Crippen LogP contribution >= 0.6 is 34.8 Å². The molecule has 5 nitrogen and oxygen atoms in total. The zero-order chi connectivity index (χ0) is 16.4. The molecule has 0 aliphatic heterocycles. The second-order valence-electron chi connectivity index (χ2n) is 5.01. The normalized spacial score (nSPS) is 11.6. The Labute approximate surface area is 137 Å². The average molecular weight is 354 g/mol. The highest BCUT2D eigenvalue weighted by atomic mass is 35.5. The second kappa shape index (κ2) is 6.83. The van der Waals surface area contributed by atoms with Gasteiger partial charge in [0.25, 0.3) is 0 Å². The smallest absolute Gasteiger partial charge is 0.323 e. The van der Waals surface area contributed by atoms with Crippen molar-refractivity contribution in [2.24, 2.45) is 0 Å². The summed E-state index contributed by atoms with van der Waals surface area (Å²) >= 11 is 17.7. The van der Waals surface area contributed by atoms with Gasteiger partial charge in [-0.05, 0) is 33.0 Å². The van der Waals surface area contributed by atoms with Crippen LogP contribution < -0.4 is 5.32 Å². The van der Waals surface area contributed by atoms with Crippen molar-refractivity contribution in [3.63, 3.8) is 0 Å². The van der Waals surface area contributed by atoms with E-state index in [1.165, 1.54) is 30.9 Å². The summed E-state index contributed by atoms with van der Waals surface area (Å²) in [4.78, 5) is 24.5. The summed E-state index contributed by atoms with van der Waals surface area (Å²) in [5.74, 6) is -1.46. The van der Waals surface area contributed by atoms with Gasteiger partial charge in [0.05, 0.1) is 22.3 Å². The van der Waals surface area contributed by atoms with E-state index in [1.807, 2.05) is 0 Å². The van der Waals surface area contributed by atoms with Crippen LogP contribution in [-0.2, 0) is 9.59 Å². The first-order valence-corrected chi connectivity index (χ1v) is 7.08. The van der Waals surface area contributed by atoms with E-state index in [4.69, 9.17) is 39.9 Å². The van der Waals surface area contributed by atoms with Crippen LogP contribution in [0.4, 0.5) is 5.69 Å². The number of nitrogens with one attached hydrogen (secondary N) is 1. The van der Waals surface area contributed by atoms with Crippen molar-refractivity contribution in [3.8, 4) is 0 Å². The number of carbonyl (C=O) groups excluding carboxylic acids is 1. The highest BCUT2D eigenvalue weighted by molar-refractivity contribution is 6.42. The van der Waals surface area contributed by atoms with Crippen molar-refractivity contribution in [1.29, 1.82) is 0 Å². The van der Waals surface area contributed by atoms with Crippen LogP contribution in [0.5, 0.6) is 0 Å². The molecule has 0 radical (unpaired) electrons. The van der Waals surface area contributed by atoms with Gasteiger partial charge in [-0.2, -0.15) is 0 Å². The van der Waals surface area contributed by atoms with Gasteiger partial charge in [-0.25, -0.2) is 0 Å². The Bertz CT molecular complexity index is 553. The van der Waals surface area contributed by atoms with Gasteiger partial charge in [-0.15, -0.1) is 0 Å². The molecule has 0 heterocycles. The van der Waals surface area contributed by atoms with Crippen molar-refractivity contribution >= 4 is 52.4 Å². The summed E-state index contributed by atoms with van der Waals surface area (Å²) in [6, 6.07) is 2.91. The number of nitrogens with zero attached hydrogens (tertiary/aromatic N) is 1. The van der Waals surface area contributed by atoms with Gasteiger partial charge in [-0.3, -0.25) is 14.5 Å². The fourth-order valence-electron chi connectivity index (χ4n) is 1.42. The summed E-state index contributed by atoms with van der Waals surface area (Å²) in [6.07, 6.45) is 0. The number of halogens is 3. The number of rotatable bonds is 5. The lowest BCUT2D eigenvalue weighted by Crippen LogP contribution is -2.50. The van der Waals surface area contributed by atoms with Crippen molar-refractivity contribution in [2.75, 3.05) is 18.9 Å². The largest absolute Gasteiger partial charge is 0.480 e. The molecule has 1 aromatic rings. The Morgan fingerprint density at radius 3 is 2.14 bits per heavy atom. The third-order valence-electron chi connectivity index (χ3n) is 3.13. The quantitative estimate of drug-likeness (QED) is 0.851. The summed E-state index contributed by atoms with van der Waals surface area (Å²) in [5.41, 5.74) is -0.931. The molecule has 0 aromatic heterocycles. The van der Waals surface area contributed by atoms with Crippen LogP contribution in [0.25, 0.3) is 0 Å². The number of likely N-dealkylation sites (N-methyl/N-ethyl adjacent to an activating group) is 1. The number of carboxylic acids is 1. The summed E-state index contributed by atoms with van der Waals surface area (Å²) in [6.45, 7) is 2.88. The number of carboxylic acid groups (broad SMARTS) is 1. The van der Waals surface area contributed by atoms with Crippen LogP contribution in [0.15, 0.2) is 12.1 Å². The van der Waals surface area contributed by atoms with Crippen molar-refractivity contribution < 1.29 is 14.7 Å². The minimum Gasteiger partial charge on any atom is -0.480 e. The maximum atomic E-state index is 12.0. The Hall–Kier alpha value is -1.01. The van der Waals surface area contributed by atoms with Gasteiger partial charge >= 0.3 is 5.97 Å². The number of hydrogen-bond donors (Lipinski definition) is 2. The zero-order valence-corrected chi connectivity index (χ0v) is 14.0. The SMILES string of the molecule is CN(CC(=O)Nc1c(Cl)cc(Cl)cc1Cl)C(C)(C)C(=O)O. The third-order valence-corrected chi connectivity index (χ3v) is 3.94. The van der Waals surface area contributed by atoms with Crippen LogP contribution in [0, 0.1) is 0 Å². The molecule has 21 heavy (non-hydrogen) atoms. The molecule has 0 fully saturated rings. The van der Waals surface area contributed by atoms with E-state index in [0.29, 0.717) is 5.02 Å². The predicted molar refractivity (Wildman–Crippen MR) is 84.4 cm³/mol. The molecule has 1 aromatic carbocycles. The summed E-state index contributed by atoms with van der Waals surface area (Å²) < 4.78 is 0. The molecule has 0 bridgehead atoms. The van der Waals surface area contributed by atoms with E-state index in [2.05, 4.69) is 5.32 Å². The Morgan fingerprint density at radius 2 is 1.71 bits per heavy atom. The number of hydrogen-bond acceptors (Lipinski definition) is 3. The molecule has 0 spiro atoms. The minimum absolute atomic E-state index is 0.130. The number of amides is 1. The molecule has 0 saturated heterocycles. The van der Waals surface area contributed by atoms with Crippen LogP contribution in [-0.4, -0.2) is 41.0 Å². The van der Waals surface area contributed by atoms with E-state index < -0.39 is 17.4 Å². The molecule has 8 heteroatoms. The molecule has 0 unspecified atom stereocenters. The second-order valence-corrected chi connectivity index (χ2v) is 6.26. The Balaban J connectivity index is 2.82. The summed E-state index contributed by atoms with van der Waals surface area (Å²) in [7, 11) is 1.54. The van der Waals surface area contributed by atoms with Crippen LogP contribution in [0.1, 0.15) is 13.8 Å². The highest BCUT2D eigenvalue weighted by Crippen LogP contribution is 2.33. The Morgan fingerprint density at radius 1 is 1.24 bits per heavy atom. The first-order valence-electron chi connectivity index (χ1n) is 5.94. The number of anilines is 1.